The Labute approximate surface area is 277 Å². The lowest BCUT2D eigenvalue weighted by molar-refractivity contribution is -0.140. The molecule has 0 spiro atoms. The number of aryl methyl sites for hydroxylation is 2. The van der Waals surface area contributed by atoms with Gasteiger partial charge in [0.2, 0.25) is 27.7 Å². The van der Waals surface area contributed by atoms with Crippen LogP contribution in [0.15, 0.2) is 66.7 Å². The van der Waals surface area contributed by atoms with Gasteiger partial charge >= 0.3 is 0 Å². The molecule has 0 unspecified atom stereocenters. The van der Waals surface area contributed by atoms with Crippen LogP contribution in [0.5, 0.6) is 0 Å². The SMILES string of the molecule is Cc1ccc(CN)c(CNC(=O)CC[C@@H](NS(=O)(=O)Cc2ccccc2)C(=O)N2CCC[C@H]2C(=O)NCc2cc(C)ccc2CN)c1. The van der Waals surface area contributed by atoms with E-state index in [9.17, 15) is 22.8 Å². The Morgan fingerprint density at radius 1 is 0.851 bits per heavy atom. The van der Waals surface area contributed by atoms with Gasteiger partial charge in [-0.15, -0.1) is 0 Å². The molecular weight excluding hydrogens is 616 g/mol. The van der Waals surface area contributed by atoms with Crippen molar-refractivity contribution in [1.82, 2.24) is 20.3 Å². The Morgan fingerprint density at radius 2 is 1.45 bits per heavy atom. The molecule has 1 aliphatic rings. The van der Waals surface area contributed by atoms with Crippen molar-refractivity contribution in [3.05, 3.63) is 106 Å². The maximum absolute atomic E-state index is 14.0. The molecule has 1 heterocycles. The second-order valence-corrected chi connectivity index (χ2v) is 13.8. The van der Waals surface area contributed by atoms with Crippen LogP contribution in [0.2, 0.25) is 0 Å². The van der Waals surface area contributed by atoms with Crippen molar-refractivity contribution in [3.63, 3.8) is 0 Å². The third-order valence-corrected chi connectivity index (χ3v) is 9.77. The lowest BCUT2D eigenvalue weighted by Crippen LogP contribution is -2.53. The fraction of sp³-hybridized carbons (Fsp3) is 0.400. The molecule has 7 N–H and O–H groups in total. The van der Waals surface area contributed by atoms with E-state index in [0.717, 1.165) is 33.4 Å². The summed E-state index contributed by atoms with van der Waals surface area (Å²) in [4.78, 5) is 41.8. The van der Waals surface area contributed by atoms with E-state index >= 15 is 0 Å². The van der Waals surface area contributed by atoms with Crippen LogP contribution in [-0.2, 0) is 56.3 Å². The summed E-state index contributed by atoms with van der Waals surface area (Å²) < 4.78 is 29.1. The van der Waals surface area contributed by atoms with E-state index < -0.39 is 28.0 Å². The first-order valence-electron chi connectivity index (χ1n) is 16.0. The fourth-order valence-corrected chi connectivity index (χ4v) is 7.25. The number of nitrogens with zero attached hydrogens (tertiary/aromatic N) is 1. The number of carbonyl (C=O) groups is 3. The molecular formula is C35H46N6O5S. The first-order valence-corrected chi connectivity index (χ1v) is 17.6. The number of nitrogens with two attached hydrogens (primary N) is 2. The highest BCUT2D eigenvalue weighted by Crippen LogP contribution is 2.21. The minimum atomic E-state index is -3.98. The molecule has 0 radical (unpaired) electrons. The molecule has 0 saturated carbocycles. The van der Waals surface area contributed by atoms with Crippen molar-refractivity contribution in [2.45, 2.75) is 83.5 Å². The van der Waals surface area contributed by atoms with Crippen molar-refractivity contribution < 1.29 is 22.8 Å². The van der Waals surface area contributed by atoms with Gasteiger partial charge in [-0.3, -0.25) is 14.4 Å². The van der Waals surface area contributed by atoms with Gasteiger partial charge in [0.05, 0.1) is 5.75 Å². The first-order chi connectivity index (χ1) is 22.5. The van der Waals surface area contributed by atoms with E-state index in [1.54, 1.807) is 30.3 Å². The maximum Gasteiger partial charge on any atom is 0.243 e. The van der Waals surface area contributed by atoms with Gasteiger partial charge in [0.15, 0.2) is 0 Å². The van der Waals surface area contributed by atoms with E-state index in [2.05, 4.69) is 15.4 Å². The summed E-state index contributed by atoms with van der Waals surface area (Å²) in [6.07, 6.45) is 0.851. The second kappa shape index (κ2) is 16.6. The maximum atomic E-state index is 14.0. The van der Waals surface area contributed by atoms with Crippen LogP contribution in [0.4, 0.5) is 0 Å². The van der Waals surface area contributed by atoms with Crippen molar-refractivity contribution in [2.75, 3.05) is 6.54 Å². The molecule has 3 aromatic rings. The van der Waals surface area contributed by atoms with Crippen molar-refractivity contribution in [3.8, 4) is 0 Å². The van der Waals surface area contributed by atoms with Gasteiger partial charge in [0.25, 0.3) is 0 Å². The predicted octanol–water partition coefficient (Wildman–Crippen LogP) is 2.41. The topological polar surface area (TPSA) is 177 Å². The molecule has 0 bridgehead atoms. The molecule has 4 rings (SSSR count). The van der Waals surface area contributed by atoms with E-state index in [1.165, 1.54) is 4.90 Å². The third kappa shape index (κ3) is 10.2. The summed E-state index contributed by atoms with van der Waals surface area (Å²) in [6, 6.07) is 18.4. The van der Waals surface area contributed by atoms with E-state index in [-0.39, 0.29) is 43.5 Å². The van der Waals surface area contributed by atoms with E-state index in [1.807, 2.05) is 50.2 Å². The lowest BCUT2D eigenvalue weighted by atomic mass is 10.0. The third-order valence-electron chi connectivity index (χ3n) is 8.41. The van der Waals surface area contributed by atoms with Crippen molar-refractivity contribution in [2.24, 2.45) is 11.5 Å². The van der Waals surface area contributed by atoms with Gasteiger partial charge in [0, 0.05) is 39.1 Å². The van der Waals surface area contributed by atoms with Gasteiger partial charge in [-0.05, 0) is 60.9 Å². The standard InChI is InChI=1S/C35H46N6O5S/c1-24-10-12-27(19-36)29(17-24)21-38-33(42)15-14-31(40-47(45,46)23-26-7-4-3-5-8-26)35(44)41-16-6-9-32(41)34(43)39-22-30-18-25(2)11-13-28(30)20-37/h3-5,7-8,10-13,17-18,31-32,40H,6,9,14-16,19-23,36-37H2,1-2H3,(H,38,42)(H,39,43)/t31-,32+/m1/s1. The highest BCUT2D eigenvalue weighted by molar-refractivity contribution is 7.88. The molecule has 11 nitrogen and oxygen atoms in total. The van der Waals surface area contributed by atoms with Gasteiger partial charge in [0.1, 0.15) is 12.1 Å². The smallest absolute Gasteiger partial charge is 0.243 e. The monoisotopic (exact) mass is 662 g/mol. The number of hydrogen-bond acceptors (Lipinski definition) is 7. The number of rotatable bonds is 15. The molecule has 1 saturated heterocycles. The average molecular weight is 663 g/mol. The van der Waals surface area contributed by atoms with Gasteiger partial charge in [-0.1, -0.05) is 77.9 Å². The van der Waals surface area contributed by atoms with Crippen LogP contribution >= 0.6 is 0 Å². The van der Waals surface area contributed by atoms with Crippen molar-refractivity contribution in [1.29, 1.82) is 0 Å². The Kier molecular flexibility index (Phi) is 12.7. The van der Waals surface area contributed by atoms with Crippen LogP contribution in [0.25, 0.3) is 0 Å². The molecule has 1 fully saturated rings. The number of likely N-dealkylation sites (tertiary alicyclic amines) is 1. The van der Waals surface area contributed by atoms with E-state index in [0.29, 0.717) is 38.0 Å². The minimum Gasteiger partial charge on any atom is -0.352 e. The Morgan fingerprint density at radius 3 is 2.04 bits per heavy atom. The zero-order valence-corrected chi connectivity index (χ0v) is 27.9. The normalized spacial score (nSPS) is 15.3. The molecule has 47 heavy (non-hydrogen) atoms. The summed E-state index contributed by atoms with van der Waals surface area (Å²) in [5, 5.41) is 5.81. The van der Waals surface area contributed by atoms with Crippen LogP contribution in [0, 0.1) is 13.8 Å². The van der Waals surface area contributed by atoms with Crippen LogP contribution in [0.1, 0.15) is 64.6 Å². The molecule has 0 aliphatic carbocycles. The first kappa shape index (κ1) is 35.7. The Hall–Kier alpha value is -4.10. The van der Waals surface area contributed by atoms with Crippen LogP contribution in [0.3, 0.4) is 0 Å². The van der Waals surface area contributed by atoms with Gasteiger partial charge in [-0.25, -0.2) is 13.1 Å². The fourth-order valence-electron chi connectivity index (χ4n) is 5.88. The molecule has 12 heteroatoms. The second-order valence-electron chi connectivity index (χ2n) is 12.1. The number of benzene rings is 3. The minimum absolute atomic E-state index is 0.0791. The predicted molar refractivity (Wildman–Crippen MR) is 182 cm³/mol. The van der Waals surface area contributed by atoms with Crippen LogP contribution in [-0.4, -0.2) is 49.7 Å². The number of sulfonamides is 1. The highest BCUT2D eigenvalue weighted by Gasteiger charge is 2.38. The highest BCUT2D eigenvalue weighted by atomic mass is 32.2. The zero-order valence-electron chi connectivity index (χ0n) is 27.1. The molecule has 2 atom stereocenters. The molecule has 252 valence electrons. The van der Waals surface area contributed by atoms with Crippen molar-refractivity contribution >= 4 is 27.7 Å². The Balaban J connectivity index is 1.46. The summed E-state index contributed by atoms with van der Waals surface area (Å²) in [6.45, 7) is 5.38. The summed E-state index contributed by atoms with van der Waals surface area (Å²) in [5.74, 6) is -1.52. The zero-order chi connectivity index (χ0) is 34.0. The summed E-state index contributed by atoms with van der Waals surface area (Å²) in [5.41, 5.74) is 18.0. The molecule has 0 aromatic heterocycles. The Bertz CT molecular complexity index is 1660. The largest absolute Gasteiger partial charge is 0.352 e. The number of amides is 3. The average Bonchev–Trinajstić information content (AvgIpc) is 3.55. The quantitative estimate of drug-likeness (QED) is 0.166. The molecule has 3 amide bonds. The van der Waals surface area contributed by atoms with Gasteiger partial charge < -0.3 is 27.0 Å². The van der Waals surface area contributed by atoms with E-state index in [4.69, 9.17) is 11.5 Å². The van der Waals surface area contributed by atoms with Gasteiger partial charge in [-0.2, -0.15) is 0 Å². The number of carbonyl (C=O) groups excluding carboxylic acids is 3. The lowest BCUT2D eigenvalue weighted by Gasteiger charge is -2.29. The molecule has 3 aromatic carbocycles. The summed E-state index contributed by atoms with van der Waals surface area (Å²) in [7, 11) is -3.98. The van der Waals surface area contributed by atoms with Crippen LogP contribution < -0.4 is 26.8 Å². The number of hydrogen-bond donors (Lipinski definition) is 5. The number of nitrogens with one attached hydrogen (secondary N) is 3. The molecule has 1 aliphatic heterocycles. The summed E-state index contributed by atoms with van der Waals surface area (Å²) >= 11 is 0.